The third kappa shape index (κ3) is 3.92. The standard InChI is InChI=1S/C20H22N4O2/c25-20(16-6-7-18-19(10-16)23-14-22-18)21-11-17-13-24(8-9-26-17)12-15-4-2-1-3-5-15/h1-7,10,14,17H,8-9,11-13H2,(H,21,25)(H,22,23)/t17-/m0/s1. The van der Waals surface area contributed by atoms with E-state index in [0.29, 0.717) is 18.7 Å². The molecule has 1 aromatic heterocycles. The van der Waals surface area contributed by atoms with E-state index in [-0.39, 0.29) is 12.0 Å². The van der Waals surface area contributed by atoms with Crippen LogP contribution in [0.3, 0.4) is 0 Å². The summed E-state index contributed by atoms with van der Waals surface area (Å²) < 4.78 is 5.82. The number of nitrogens with zero attached hydrogens (tertiary/aromatic N) is 2. The maximum atomic E-state index is 12.4. The largest absolute Gasteiger partial charge is 0.374 e. The van der Waals surface area contributed by atoms with Crippen molar-refractivity contribution in [2.45, 2.75) is 12.6 Å². The number of hydrogen-bond acceptors (Lipinski definition) is 4. The van der Waals surface area contributed by atoms with Gasteiger partial charge in [0, 0.05) is 31.7 Å². The number of aromatic nitrogens is 2. The van der Waals surface area contributed by atoms with E-state index in [0.717, 1.165) is 30.7 Å². The number of hydrogen-bond donors (Lipinski definition) is 2. The number of ether oxygens (including phenoxy) is 1. The zero-order valence-corrected chi connectivity index (χ0v) is 14.5. The molecule has 3 aromatic rings. The average molecular weight is 350 g/mol. The van der Waals surface area contributed by atoms with Crippen LogP contribution in [0.25, 0.3) is 11.0 Å². The minimum Gasteiger partial charge on any atom is -0.374 e. The lowest BCUT2D eigenvalue weighted by atomic mass is 10.1. The van der Waals surface area contributed by atoms with Gasteiger partial charge in [-0.25, -0.2) is 4.98 Å². The molecule has 1 aliphatic rings. The molecule has 0 aliphatic carbocycles. The maximum absolute atomic E-state index is 12.4. The van der Waals surface area contributed by atoms with E-state index in [9.17, 15) is 4.79 Å². The van der Waals surface area contributed by atoms with Crippen molar-refractivity contribution in [3.05, 3.63) is 66.0 Å². The number of aromatic amines is 1. The Morgan fingerprint density at radius 2 is 2.15 bits per heavy atom. The summed E-state index contributed by atoms with van der Waals surface area (Å²) in [6, 6.07) is 15.9. The second kappa shape index (κ2) is 7.68. The van der Waals surface area contributed by atoms with E-state index < -0.39 is 0 Å². The summed E-state index contributed by atoms with van der Waals surface area (Å²) in [4.78, 5) is 22.0. The Kier molecular flexibility index (Phi) is 4.95. The van der Waals surface area contributed by atoms with Crippen molar-refractivity contribution in [1.29, 1.82) is 0 Å². The lowest BCUT2D eigenvalue weighted by Crippen LogP contribution is -2.47. The van der Waals surface area contributed by atoms with Gasteiger partial charge in [0.25, 0.3) is 5.91 Å². The van der Waals surface area contributed by atoms with Gasteiger partial charge in [-0.1, -0.05) is 30.3 Å². The minimum atomic E-state index is -0.0923. The molecule has 1 atom stereocenters. The van der Waals surface area contributed by atoms with Crippen LogP contribution < -0.4 is 5.32 Å². The third-order valence-electron chi connectivity index (χ3n) is 4.64. The quantitative estimate of drug-likeness (QED) is 0.740. The second-order valence-electron chi connectivity index (χ2n) is 6.56. The molecule has 0 spiro atoms. The lowest BCUT2D eigenvalue weighted by Gasteiger charge is -2.33. The Hall–Kier alpha value is -2.70. The molecule has 0 bridgehead atoms. The molecule has 1 saturated heterocycles. The number of fused-ring (bicyclic) bond motifs is 1. The third-order valence-corrected chi connectivity index (χ3v) is 4.64. The summed E-state index contributed by atoms with van der Waals surface area (Å²) in [6.45, 7) is 3.83. The highest BCUT2D eigenvalue weighted by molar-refractivity contribution is 5.97. The van der Waals surface area contributed by atoms with Gasteiger partial charge < -0.3 is 15.0 Å². The van der Waals surface area contributed by atoms with Crippen LogP contribution in [0.1, 0.15) is 15.9 Å². The molecule has 1 amide bonds. The number of rotatable bonds is 5. The first-order chi connectivity index (χ1) is 12.8. The molecule has 1 fully saturated rings. The van der Waals surface area contributed by atoms with Crippen LogP contribution in [-0.4, -0.2) is 53.1 Å². The summed E-state index contributed by atoms with van der Waals surface area (Å²) in [5.41, 5.74) is 3.64. The highest BCUT2D eigenvalue weighted by Crippen LogP contribution is 2.13. The Morgan fingerprint density at radius 3 is 3.04 bits per heavy atom. The molecule has 2 aromatic carbocycles. The molecule has 4 rings (SSSR count). The number of H-pyrrole nitrogens is 1. The zero-order chi connectivity index (χ0) is 17.8. The van der Waals surface area contributed by atoms with Crippen molar-refractivity contribution in [3.63, 3.8) is 0 Å². The van der Waals surface area contributed by atoms with Gasteiger partial charge in [-0.15, -0.1) is 0 Å². The fourth-order valence-electron chi connectivity index (χ4n) is 3.27. The highest BCUT2D eigenvalue weighted by atomic mass is 16.5. The van der Waals surface area contributed by atoms with Gasteiger partial charge in [0.2, 0.25) is 0 Å². The molecule has 0 unspecified atom stereocenters. The Labute approximate surface area is 152 Å². The Bertz CT molecular complexity index is 878. The molecule has 2 heterocycles. The van der Waals surface area contributed by atoms with Crippen molar-refractivity contribution in [2.75, 3.05) is 26.2 Å². The predicted molar refractivity (Wildman–Crippen MR) is 99.9 cm³/mol. The molecule has 0 saturated carbocycles. The van der Waals surface area contributed by atoms with Gasteiger partial charge in [0.1, 0.15) is 0 Å². The van der Waals surface area contributed by atoms with Gasteiger partial charge >= 0.3 is 0 Å². The van der Waals surface area contributed by atoms with Crippen LogP contribution in [0.2, 0.25) is 0 Å². The van der Waals surface area contributed by atoms with Crippen molar-refractivity contribution < 1.29 is 9.53 Å². The first kappa shape index (κ1) is 16.8. The monoisotopic (exact) mass is 350 g/mol. The highest BCUT2D eigenvalue weighted by Gasteiger charge is 2.21. The van der Waals surface area contributed by atoms with Crippen molar-refractivity contribution >= 4 is 16.9 Å². The molecule has 6 heteroatoms. The van der Waals surface area contributed by atoms with Gasteiger partial charge in [-0.3, -0.25) is 9.69 Å². The van der Waals surface area contributed by atoms with Crippen LogP contribution >= 0.6 is 0 Å². The SMILES string of the molecule is O=C(NC[C@H]1CN(Cc2ccccc2)CCO1)c1ccc2nc[nH]c2c1. The molecule has 2 N–H and O–H groups in total. The van der Waals surface area contributed by atoms with Crippen LogP contribution in [-0.2, 0) is 11.3 Å². The molecule has 6 nitrogen and oxygen atoms in total. The van der Waals surface area contributed by atoms with Gasteiger partial charge in [-0.2, -0.15) is 0 Å². The van der Waals surface area contributed by atoms with E-state index >= 15 is 0 Å². The molecule has 0 radical (unpaired) electrons. The van der Waals surface area contributed by atoms with Crippen LogP contribution in [0.4, 0.5) is 0 Å². The van der Waals surface area contributed by atoms with Crippen molar-refractivity contribution in [3.8, 4) is 0 Å². The molecular weight excluding hydrogens is 328 g/mol. The number of imidazole rings is 1. The smallest absolute Gasteiger partial charge is 0.251 e. The van der Waals surface area contributed by atoms with Gasteiger partial charge in [-0.05, 0) is 23.8 Å². The van der Waals surface area contributed by atoms with Crippen LogP contribution in [0, 0.1) is 0 Å². The molecule has 26 heavy (non-hydrogen) atoms. The minimum absolute atomic E-state index is 0.00676. The first-order valence-electron chi connectivity index (χ1n) is 8.87. The number of morpholine rings is 1. The normalized spacial score (nSPS) is 18.1. The summed E-state index contributed by atoms with van der Waals surface area (Å²) in [5.74, 6) is -0.0923. The molecule has 1 aliphatic heterocycles. The Morgan fingerprint density at radius 1 is 1.27 bits per heavy atom. The van der Waals surface area contributed by atoms with E-state index in [2.05, 4.69) is 44.5 Å². The number of amides is 1. The summed E-state index contributed by atoms with van der Waals surface area (Å²) >= 11 is 0. The number of nitrogens with one attached hydrogen (secondary N) is 2. The average Bonchev–Trinajstić information content (AvgIpc) is 3.15. The Balaban J connectivity index is 1.31. The van der Waals surface area contributed by atoms with E-state index in [1.807, 2.05) is 18.2 Å². The predicted octanol–water partition coefficient (Wildman–Crippen LogP) is 2.19. The van der Waals surface area contributed by atoms with Gasteiger partial charge in [0.15, 0.2) is 0 Å². The fraction of sp³-hybridized carbons (Fsp3) is 0.300. The first-order valence-corrected chi connectivity index (χ1v) is 8.87. The number of carbonyl (C=O) groups excluding carboxylic acids is 1. The lowest BCUT2D eigenvalue weighted by molar-refractivity contribution is -0.0292. The molecular formula is C20H22N4O2. The van der Waals surface area contributed by atoms with Crippen molar-refractivity contribution in [2.24, 2.45) is 0 Å². The topological polar surface area (TPSA) is 70.2 Å². The van der Waals surface area contributed by atoms with Crippen LogP contribution in [0.5, 0.6) is 0 Å². The maximum Gasteiger partial charge on any atom is 0.251 e. The van der Waals surface area contributed by atoms with E-state index in [1.165, 1.54) is 5.56 Å². The summed E-state index contributed by atoms with van der Waals surface area (Å²) in [7, 11) is 0. The van der Waals surface area contributed by atoms with E-state index in [4.69, 9.17) is 4.74 Å². The summed E-state index contributed by atoms with van der Waals surface area (Å²) in [5, 5.41) is 2.99. The fourth-order valence-corrected chi connectivity index (χ4v) is 3.27. The zero-order valence-electron chi connectivity index (χ0n) is 14.5. The van der Waals surface area contributed by atoms with E-state index in [1.54, 1.807) is 12.4 Å². The second-order valence-corrected chi connectivity index (χ2v) is 6.56. The van der Waals surface area contributed by atoms with Gasteiger partial charge in [0.05, 0.1) is 30.1 Å². The number of benzene rings is 2. The summed E-state index contributed by atoms with van der Waals surface area (Å²) in [6.07, 6.45) is 1.64. The van der Waals surface area contributed by atoms with Crippen molar-refractivity contribution in [1.82, 2.24) is 20.2 Å². The molecule has 134 valence electrons. The van der Waals surface area contributed by atoms with Crippen LogP contribution in [0.15, 0.2) is 54.9 Å². The number of carbonyl (C=O) groups is 1.